The number of nitrogens with zero attached hydrogens (tertiary/aromatic N) is 2. The van der Waals surface area contributed by atoms with Crippen LogP contribution in [0.25, 0.3) is 11.4 Å². The molecule has 0 radical (unpaired) electrons. The first-order valence-corrected chi connectivity index (χ1v) is 7.67. The Morgan fingerprint density at radius 3 is 2.58 bits per heavy atom. The van der Waals surface area contributed by atoms with E-state index in [1.807, 2.05) is 49.4 Å². The Bertz CT molecular complexity index is 813. The molecule has 1 aromatic heterocycles. The monoisotopic (exact) mass is 325 g/mol. The largest absolute Gasteiger partial charge is 0.493 e. The van der Waals surface area contributed by atoms with Gasteiger partial charge in [0.2, 0.25) is 11.7 Å². The number of ether oxygens (including phenoxy) is 2. The van der Waals surface area contributed by atoms with Gasteiger partial charge in [-0.2, -0.15) is 4.98 Å². The minimum Gasteiger partial charge on any atom is -0.493 e. The van der Waals surface area contributed by atoms with Crippen molar-refractivity contribution in [1.29, 1.82) is 0 Å². The lowest BCUT2D eigenvalue weighted by Gasteiger charge is -2.09. The van der Waals surface area contributed by atoms with Gasteiger partial charge in [0.25, 0.3) is 0 Å². The van der Waals surface area contributed by atoms with Crippen LogP contribution < -0.4 is 15.2 Å². The summed E-state index contributed by atoms with van der Waals surface area (Å²) in [6.07, 6.45) is 0.557. The maximum atomic E-state index is 5.69. The molecule has 2 aromatic carbocycles. The van der Waals surface area contributed by atoms with Crippen molar-refractivity contribution >= 4 is 5.69 Å². The number of methoxy groups -OCH3 is 1. The normalized spacial score (nSPS) is 10.6. The predicted octanol–water partition coefficient (Wildman–Crippen LogP) is 3.32. The van der Waals surface area contributed by atoms with Crippen molar-refractivity contribution in [2.75, 3.05) is 19.5 Å². The van der Waals surface area contributed by atoms with Crippen LogP contribution in [0.5, 0.6) is 11.5 Å². The van der Waals surface area contributed by atoms with Gasteiger partial charge >= 0.3 is 0 Å². The van der Waals surface area contributed by atoms with Crippen molar-refractivity contribution in [3.8, 4) is 22.9 Å². The lowest BCUT2D eigenvalue weighted by molar-refractivity contribution is 0.311. The topological polar surface area (TPSA) is 83.4 Å². The summed E-state index contributed by atoms with van der Waals surface area (Å²) in [5, 5.41) is 4.04. The fourth-order valence-corrected chi connectivity index (χ4v) is 2.34. The van der Waals surface area contributed by atoms with Crippen molar-refractivity contribution in [1.82, 2.24) is 10.1 Å². The average Bonchev–Trinajstić information content (AvgIpc) is 3.06. The zero-order valence-electron chi connectivity index (χ0n) is 13.7. The fraction of sp³-hybridized carbons (Fsp3) is 0.222. The first kappa shape index (κ1) is 15.9. The van der Waals surface area contributed by atoms with E-state index in [2.05, 4.69) is 10.1 Å². The molecule has 0 atom stereocenters. The van der Waals surface area contributed by atoms with E-state index < -0.39 is 0 Å². The maximum Gasteiger partial charge on any atom is 0.231 e. The molecule has 6 heteroatoms. The van der Waals surface area contributed by atoms with E-state index in [0.717, 1.165) is 16.8 Å². The minimum absolute atomic E-state index is 0.516. The summed E-state index contributed by atoms with van der Waals surface area (Å²) >= 11 is 0. The van der Waals surface area contributed by atoms with E-state index >= 15 is 0 Å². The van der Waals surface area contributed by atoms with Gasteiger partial charge in [0, 0.05) is 11.3 Å². The Morgan fingerprint density at radius 2 is 1.88 bits per heavy atom. The molecule has 0 aliphatic rings. The molecule has 2 N–H and O–H groups in total. The first-order chi connectivity index (χ1) is 11.7. The summed E-state index contributed by atoms with van der Waals surface area (Å²) in [4.78, 5) is 4.44. The molecule has 24 heavy (non-hydrogen) atoms. The maximum absolute atomic E-state index is 5.69. The predicted molar refractivity (Wildman–Crippen MR) is 91.1 cm³/mol. The van der Waals surface area contributed by atoms with E-state index in [1.165, 1.54) is 0 Å². The zero-order chi connectivity index (χ0) is 16.9. The van der Waals surface area contributed by atoms with Crippen molar-refractivity contribution in [2.24, 2.45) is 0 Å². The third-order valence-corrected chi connectivity index (χ3v) is 3.52. The Kier molecular flexibility index (Phi) is 4.65. The van der Waals surface area contributed by atoms with Crippen molar-refractivity contribution in [3.63, 3.8) is 0 Å². The lowest BCUT2D eigenvalue weighted by atomic mass is 10.1. The molecule has 3 rings (SSSR count). The van der Waals surface area contributed by atoms with Gasteiger partial charge in [-0.05, 0) is 42.8 Å². The van der Waals surface area contributed by atoms with Crippen LogP contribution >= 0.6 is 0 Å². The van der Waals surface area contributed by atoms with Gasteiger partial charge in [-0.15, -0.1) is 0 Å². The van der Waals surface area contributed by atoms with Crippen LogP contribution in [0.1, 0.15) is 18.4 Å². The van der Waals surface area contributed by atoms with Crippen LogP contribution in [0.4, 0.5) is 5.69 Å². The highest BCUT2D eigenvalue weighted by atomic mass is 16.5. The third-order valence-electron chi connectivity index (χ3n) is 3.52. The molecule has 1 heterocycles. The second-order valence-corrected chi connectivity index (χ2v) is 5.23. The van der Waals surface area contributed by atoms with Crippen molar-refractivity contribution in [3.05, 3.63) is 53.9 Å². The van der Waals surface area contributed by atoms with Crippen LogP contribution in [0.2, 0.25) is 0 Å². The van der Waals surface area contributed by atoms with Gasteiger partial charge in [-0.3, -0.25) is 0 Å². The summed E-state index contributed by atoms with van der Waals surface area (Å²) in [5.41, 5.74) is 8.28. The Hall–Kier alpha value is -3.02. The van der Waals surface area contributed by atoms with E-state index in [1.54, 1.807) is 7.11 Å². The van der Waals surface area contributed by atoms with Gasteiger partial charge in [-0.1, -0.05) is 17.3 Å². The summed E-state index contributed by atoms with van der Waals surface area (Å²) < 4.78 is 16.2. The molecule has 0 saturated carbocycles. The SMILES string of the molecule is CCOc1ccc(-c2noc(Cc3ccc(N)cc3)n2)cc1OC. The molecule has 0 saturated heterocycles. The van der Waals surface area contributed by atoms with E-state index in [9.17, 15) is 0 Å². The second-order valence-electron chi connectivity index (χ2n) is 5.23. The quantitative estimate of drug-likeness (QED) is 0.700. The molecular formula is C18H19N3O3. The molecule has 0 spiro atoms. The van der Waals surface area contributed by atoms with Gasteiger partial charge in [0.15, 0.2) is 11.5 Å². The summed E-state index contributed by atoms with van der Waals surface area (Å²) in [6.45, 7) is 2.50. The molecule has 124 valence electrons. The standard InChI is InChI=1S/C18H19N3O3/c1-3-23-15-9-6-13(11-16(15)22-2)18-20-17(24-21-18)10-12-4-7-14(19)8-5-12/h4-9,11H,3,10,19H2,1-2H3. The highest BCUT2D eigenvalue weighted by Crippen LogP contribution is 2.31. The lowest BCUT2D eigenvalue weighted by Crippen LogP contribution is -1.95. The molecule has 0 unspecified atom stereocenters. The molecule has 0 bridgehead atoms. The Labute approximate surface area is 140 Å². The Morgan fingerprint density at radius 1 is 1.08 bits per heavy atom. The Balaban J connectivity index is 1.81. The summed E-state index contributed by atoms with van der Waals surface area (Å²) in [5.74, 6) is 2.39. The molecule has 0 aliphatic heterocycles. The molecule has 3 aromatic rings. The van der Waals surface area contributed by atoms with E-state index in [4.69, 9.17) is 19.7 Å². The summed E-state index contributed by atoms with van der Waals surface area (Å²) in [6, 6.07) is 13.1. The molecule has 0 amide bonds. The molecule has 0 fully saturated rings. The van der Waals surface area contributed by atoms with Gasteiger partial charge in [0.05, 0.1) is 20.1 Å². The number of rotatable bonds is 6. The van der Waals surface area contributed by atoms with Gasteiger partial charge < -0.3 is 19.7 Å². The van der Waals surface area contributed by atoms with Crippen LogP contribution in [0.3, 0.4) is 0 Å². The van der Waals surface area contributed by atoms with Gasteiger partial charge in [-0.25, -0.2) is 0 Å². The van der Waals surface area contributed by atoms with E-state index in [0.29, 0.717) is 36.2 Å². The molecule has 6 nitrogen and oxygen atoms in total. The zero-order valence-corrected chi connectivity index (χ0v) is 13.7. The number of hydrogen-bond acceptors (Lipinski definition) is 6. The average molecular weight is 325 g/mol. The number of nitrogens with two attached hydrogens (primary N) is 1. The van der Waals surface area contributed by atoms with Crippen molar-refractivity contribution < 1.29 is 14.0 Å². The molecular weight excluding hydrogens is 306 g/mol. The summed E-state index contributed by atoms with van der Waals surface area (Å²) in [7, 11) is 1.60. The number of anilines is 1. The van der Waals surface area contributed by atoms with Crippen LogP contribution in [-0.4, -0.2) is 23.9 Å². The smallest absolute Gasteiger partial charge is 0.231 e. The van der Waals surface area contributed by atoms with Crippen LogP contribution in [-0.2, 0) is 6.42 Å². The minimum atomic E-state index is 0.516. The van der Waals surface area contributed by atoms with Crippen LogP contribution in [0, 0.1) is 0 Å². The fourth-order valence-electron chi connectivity index (χ4n) is 2.34. The van der Waals surface area contributed by atoms with Crippen LogP contribution in [0.15, 0.2) is 47.0 Å². The second kappa shape index (κ2) is 7.04. The number of aromatic nitrogens is 2. The third kappa shape index (κ3) is 3.48. The number of hydrogen-bond donors (Lipinski definition) is 1. The first-order valence-electron chi connectivity index (χ1n) is 7.67. The van der Waals surface area contributed by atoms with Gasteiger partial charge in [0.1, 0.15) is 0 Å². The van der Waals surface area contributed by atoms with E-state index in [-0.39, 0.29) is 0 Å². The molecule has 0 aliphatic carbocycles. The number of benzene rings is 2. The highest BCUT2D eigenvalue weighted by Gasteiger charge is 2.12. The number of nitrogen functional groups attached to an aromatic ring is 1. The van der Waals surface area contributed by atoms with Crippen molar-refractivity contribution in [2.45, 2.75) is 13.3 Å². The highest BCUT2D eigenvalue weighted by molar-refractivity contribution is 5.60.